The number of carbonyl (C=O) groups excluding carboxylic acids is 1. The van der Waals surface area contributed by atoms with Gasteiger partial charge in [-0.3, -0.25) is 4.79 Å². The number of halogens is 2. The number of benzene rings is 1. The van der Waals surface area contributed by atoms with Crippen LogP contribution in [0.2, 0.25) is 0 Å². The molecule has 1 unspecified atom stereocenters. The van der Waals surface area contributed by atoms with Crippen LogP contribution in [0.4, 0.5) is 4.39 Å². The lowest BCUT2D eigenvalue weighted by Gasteiger charge is -2.37. The van der Waals surface area contributed by atoms with Gasteiger partial charge in [-0.2, -0.15) is 4.31 Å². The fourth-order valence-corrected chi connectivity index (χ4v) is 5.55. The molecule has 1 atom stereocenters. The van der Waals surface area contributed by atoms with Crippen LogP contribution in [-0.2, 0) is 14.8 Å². The largest absolute Gasteiger partial charge is 0.342 e. The van der Waals surface area contributed by atoms with Crippen LogP contribution in [0.5, 0.6) is 0 Å². The summed E-state index contributed by atoms with van der Waals surface area (Å²) in [5.74, 6) is -0.102. The molecule has 2 fully saturated rings. The van der Waals surface area contributed by atoms with Crippen molar-refractivity contribution >= 4 is 28.3 Å². The van der Waals surface area contributed by atoms with Gasteiger partial charge in [0, 0.05) is 26.2 Å². The number of hydrogen-bond donors (Lipinski definition) is 1. The first-order valence-electron chi connectivity index (χ1n) is 9.61. The Balaban J connectivity index is 0.00000280. The standard InChI is InChI=1S/C19H28FN3O3S.ClH/c1-21-13-15-8-11-22(12-9-15)19(24)16-3-2-10-23(14-16)27(25,26)18-6-4-17(20)5-7-18;/h4-7,15-16,21H,2-3,8-14H2,1H3;1H. The molecule has 2 saturated heterocycles. The summed E-state index contributed by atoms with van der Waals surface area (Å²) >= 11 is 0. The molecular formula is C19H29ClFN3O3S. The summed E-state index contributed by atoms with van der Waals surface area (Å²) in [5, 5.41) is 3.19. The number of piperidine rings is 2. The average molecular weight is 434 g/mol. The molecule has 0 saturated carbocycles. The number of carbonyl (C=O) groups is 1. The van der Waals surface area contributed by atoms with E-state index in [0.717, 1.165) is 44.6 Å². The summed E-state index contributed by atoms with van der Waals surface area (Å²) in [6.07, 6.45) is 3.34. The minimum absolute atomic E-state index is 0. The van der Waals surface area contributed by atoms with Crippen molar-refractivity contribution in [2.75, 3.05) is 39.8 Å². The summed E-state index contributed by atoms with van der Waals surface area (Å²) in [5.41, 5.74) is 0. The van der Waals surface area contributed by atoms with Crippen molar-refractivity contribution in [3.05, 3.63) is 30.1 Å². The van der Waals surface area contributed by atoms with Crippen molar-refractivity contribution in [1.82, 2.24) is 14.5 Å². The van der Waals surface area contributed by atoms with Crippen LogP contribution in [-0.4, -0.2) is 63.3 Å². The molecule has 1 amide bonds. The van der Waals surface area contributed by atoms with E-state index < -0.39 is 15.8 Å². The Morgan fingerprint density at radius 3 is 2.39 bits per heavy atom. The van der Waals surface area contributed by atoms with Crippen LogP contribution < -0.4 is 5.32 Å². The summed E-state index contributed by atoms with van der Waals surface area (Å²) < 4.78 is 40.1. The van der Waals surface area contributed by atoms with Crippen LogP contribution in [0.1, 0.15) is 25.7 Å². The van der Waals surface area contributed by atoms with E-state index in [1.807, 2.05) is 11.9 Å². The lowest BCUT2D eigenvalue weighted by molar-refractivity contribution is -0.138. The molecule has 1 aromatic carbocycles. The molecule has 0 radical (unpaired) electrons. The molecule has 9 heteroatoms. The second-order valence-corrected chi connectivity index (χ2v) is 9.42. The predicted molar refractivity (Wildman–Crippen MR) is 108 cm³/mol. The summed E-state index contributed by atoms with van der Waals surface area (Å²) in [4.78, 5) is 14.9. The smallest absolute Gasteiger partial charge is 0.243 e. The number of nitrogens with zero attached hydrogens (tertiary/aromatic N) is 2. The van der Waals surface area contributed by atoms with E-state index in [9.17, 15) is 17.6 Å². The van der Waals surface area contributed by atoms with Crippen molar-refractivity contribution in [3.8, 4) is 0 Å². The molecule has 158 valence electrons. The highest BCUT2D eigenvalue weighted by Gasteiger charge is 2.35. The normalized spacial score (nSPS) is 21.9. The van der Waals surface area contributed by atoms with Crippen molar-refractivity contribution in [2.45, 2.75) is 30.6 Å². The summed E-state index contributed by atoms with van der Waals surface area (Å²) in [6, 6.07) is 4.86. The van der Waals surface area contributed by atoms with Crippen molar-refractivity contribution < 1.29 is 17.6 Å². The summed E-state index contributed by atoms with van der Waals surface area (Å²) in [7, 11) is -1.76. The maximum absolute atomic E-state index is 13.1. The van der Waals surface area contributed by atoms with Gasteiger partial charge in [0.25, 0.3) is 0 Å². The fraction of sp³-hybridized carbons (Fsp3) is 0.632. The third kappa shape index (κ3) is 5.23. The quantitative estimate of drug-likeness (QED) is 0.772. The molecule has 2 heterocycles. The van der Waals surface area contributed by atoms with Gasteiger partial charge in [0.15, 0.2) is 0 Å². The van der Waals surface area contributed by atoms with Crippen molar-refractivity contribution in [3.63, 3.8) is 0 Å². The predicted octanol–water partition coefficient (Wildman–Crippen LogP) is 2.11. The number of rotatable bonds is 5. The third-order valence-electron chi connectivity index (χ3n) is 5.60. The van der Waals surface area contributed by atoms with Crippen LogP contribution in [0.3, 0.4) is 0 Å². The zero-order chi connectivity index (χ0) is 19.4. The number of likely N-dealkylation sites (tertiary alicyclic amines) is 1. The Morgan fingerprint density at radius 2 is 1.79 bits per heavy atom. The van der Waals surface area contributed by atoms with E-state index >= 15 is 0 Å². The number of nitrogens with one attached hydrogen (secondary N) is 1. The first kappa shape index (κ1) is 23.1. The highest BCUT2D eigenvalue weighted by atomic mass is 35.5. The highest BCUT2D eigenvalue weighted by molar-refractivity contribution is 7.89. The summed E-state index contributed by atoms with van der Waals surface area (Å²) in [6.45, 7) is 3.05. The van der Waals surface area contributed by atoms with Crippen LogP contribution in [0.25, 0.3) is 0 Å². The minimum atomic E-state index is -3.70. The molecule has 3 rings (SSSR count). The van der Waals surface area contributed by atoms with E-state index in [2.05, 4.69) is 5.32 Å². The van der Waals surface area contributed by atoms with E-state index in [1.165, 1.54) is 16.4 Å². The third-order valence-corrected chi connectivity index (χ3v) is 7.48. The first-order chi connectivity index (χ1) is 12.9. The monoisotopic (exact) mass is 433 g/mol. The SMILES string of the molecule is CNCC1CCN(C(=O)C2CCCN(S(=O)(=O)c3ccc(F)cc3)C2)CC1.Cl. The molecular weight excluding hydrogens is 405 g/mol. The van der Waals surface area contributed by atoms with Gasteiger partial charge in [-0.1, -0.05) is 0 Å². The average Bonchev–Trinajstić information content (AvgIpc) is 2.69. The van der Waals surface area contributed by atoms with Gasteiger partial charge in [-0.05, 0) is 69.5 Å². The van der Waals surface area contributed by atoms with Gasteiger partial charge in [-0.15, -0.1) is 12.4 Å². The maximum Gasteiger partial charge on any atom is 0.243 e. The van der Waals surface area contributed by atoms with E-state index in [4.69, 9.17) is 0 Å². The van der Waals surface area contributed by atoms with E-state index in [-0.39, 0.29) is 35.7 Å². The fourth-order valence-electron chi connectivity index (χ4n) is 4.02. The first-order valence-corrected chi connectivity index (χ1v) is 11.0. The lowest BCUT2D eigenvalue weighted by atomic mass is 9.93. The van der Waals surface area contributed by atoms with E-state index in [1.54, 1.807) is 0 Å². The number of sulfonamides is 1. The molecule has 0 spiro atoms. The van der Waals surface area contributed by atoms with Crippen LogP contribution >= 0.6 is 12.4 Å². The zero-order valence-electron chi connectivity index (χ0n) is 16.1. The number of hydrogen-bond acceptors (Lipinski definition) is 4. The second kappa shape index (κ2) is 10.0. The van der Waals surface area contributed by atoms with Gasteiger partial charge in [0.1, 0.15) is 5.82 Å². The van der Waals surface area contributed by atoms with Gasteiger partial charge >= 0.3 is 0 Å². The Hall–Kier alpha value is -1.22. The van der Waals surface area contributed by atoms with Gasteiger partial charge in [0.05, 0.1) is 10.8 Å². The second-order valence-electron chi connectivity index (χ2n) is 7.48. The Labute approximate surface area is 172 Å². The Morgan fingerprint density at radius 1 is 1.14 bits per heavy atom. The van der Waals surface area contributed by atoms with Crippen LogP contribution in [0.15, 0.2) is 29.2 Å². The molecule has 28 heavy (non-hydrogen) atoms. The molecule has 6 nitrogen and oxygen atoms in total. The Kier molecular flexibility index (Phi) is 8.24. The van der Waals surface area contributed by atoms with Gasteiger partial charge < -0.3 is 10.2 Å². The molecule has 1 aromatic rings. The van der Waals surface area contributed by atoms with Crippen molar-refractivity contribution in [2.24, 2.45) is 11.8 Å². The van der Waals surface area contributed by atoms with Gasteiger partial charge in [-0.25, -0.2) is 12.8 Å². The molecule has 1 N–H and O–H groups in total. The van der Waals surface area contributed by atoms with E-state index in [0.29, 0.717) is 25.3 Å². The van der Waals surface area contributed by atoms with Crippen LogP contribution in [0, 0.1) is 17.7 Å². The maximum atomic E-state index is 13.1. The molecule has 0 bridgehead atoms. The Bertz CT molecular complexity index is 752. The van der Waals surface area contributed by atoms with Crippen molar-refractivity contribution in [1.29, 1.82) is 0 Å². The molecule has 2 aliphatic rings. The molecule has 0 aromatic heterocycles. The zero-order valence-corrected chi connectivity index (χ0v) is 17.8. The minimum Gasteiger partial charge on any atom is -0.342 e. The highest BCUT2D eigenvalue weighted by Crippen LogP contribution is 2.27. The number of amides is 1. The van der Waals surface area contributed by atoms with Gasteiger partial charge in [0.2, 0.25) is 15.9 Å². The topological polar surface area (TPSA) is 69.7 Å². The molecule has 2 aliphatic heterocycles. The molecule has 0 aliphatic carbocycles. The lowest BCUT2D eigenvalue weighted by Crippen LogP contribution is -2.49.